The zero-order valence-electron chi connectivity index (χ0n) is 8.15. The molecule has 2 rings (SSSR count). The van der Waals surface area contributed by atoms with Crippen molar-refractivity contribution in [2.75, 3.05) is 6.61 Å². The van der Waals surface area contributed by atoms with Crippen molar-refractivity contribution in [2.24, 2.45) is 0 Å². The van der Waals surface area contributed by atoms with Crippen LogP contribution in [0.4, 0.5) is 0 Å². The summed E-state index contributed by atoms with van der Waals surface area (Å²) >= 11 is 0. The first-order chi connectivity index (χ1) is 7.20. The first-order valence-corrected chi connectivity index (χ1v) is 4.55. The topological polar surface area (TPSA) is 75.2 Å². The lowest BCUT2D eigenvalue weighted by atomic mass is 10.3. The number of hydrogen-bond acceptors (Lipinski definition) is 4. The van der Waals surface area contributed by atoms with E-state index in [4.69, 9.17) is 4.74 Å². The van der Waals surface area contributed by atoms with Gasteiger partial charge in [0.25, 0.3) is 0 Å². The van der Waals surface area contributed by atoms with Gasteiger partial charge in [0.05, 0.1) is 12.8 Å². The van der Waals surface area contributed by atoms with E-state index in [1.807, 2.05) is 0 Å². The molecule has 2 aromatic heterocycles. The van der Waals surface area contributed by atoms with Crippen LogP contribution >= 0.6 is 0 Å². The third-order valence-electron chi connectivity index (χ3n) is 1.95. The van der Waals surface area contributed by atoms with E-state index < -0.39 is 5.97 Å². The zero-order valence-corrected chi connectivity index (χ0v) is 8.15. The summed E-state index contributed by atoms with van der Waals surface area (Å²) in [6, 6.07) is 3.13. The fourth-order valence-electron chi connectivity index (χ4n) is 1.32. The highest BCUT2D eigenvalue weighted by molar-refractivity contribution is 5.93. The molecule has 0 atom stereocenters. The number of H-pyrrole nitrogens is 1. The van der Waals surface area contributed by atoms with Crippen LogP contribution in [0.5, 0.6) is 5.75 Å². The largest absolute Gasteiger partial charge is 0.506 e. The minimum atomic E-state index is -0.421. The van der Waals surface area contributed by atoms with Crippen molar-refractivity contribution in [2.45, 2.75) is 6.92 Å². The molecular formula is C10H10N2O3. The lowest BCUT2D eigenvalue weighted by Gasteiger charge is -1.96. The predicted molar refractivity (Wildman–Crippen MR) is 53.7 cm³/mol. The summed E-state index contributed by atoms with van der Waals surface area (Å²) in [7, 11) is 0. The second-order valence-electron chi connectivity index (χ2n) is 3.03. The maximum Gasteiger partial charge on any atom is 0.354 e. The molecule has 0 amide bonds. The van der Waals surface area contributed by atoms with Crippen LogP contribution in [0.3, 0.4) is 0 Å². The molecule has 0 unspecified atom stereocenters. The van der Waals surface area contributed by atoms with E-state index in [-0.39, 0.29) is 5.75 Å². The number of aromatic hydroxyl groups is 1. The van der Waals surface area contributed by atoms with Crippen LogP contribution in [-0.2, 0) is 4.74 Å². The normalized spacial score (nSPS) is 10.5. The van der Waals surface area contributed by atoms with E-state index in [9.17, 15) is 9.90 Å². The number of aromatic amines is 1. The summed E-state index contributed by atoms with van der Waals surface area (Å²) in [5.74, 6) is -0.355. The quantitative estimate of drug-likeness (QED) is 0.729. The molecule has 0 saturated carbocycles. The Morgan fingerprint density at radius 1 is 1.60 bits per heavy atom. The summed E-state index contributed by atoms with van der Waals surface area (Å²) in [6.07, 6.45) is 1.31. The molecule has 78 valence electrons. The lowest BCUT2D eigenvalue weighted by Crippen LogP contribution is -2.04. The van der Waals surface area contributed by atoms with E-state index in [1.165, 1.54) is 12.3 Å². The molecule has 0 bridgehead atoms. The van der Waals surface area contributed by atoms with Gasteiger partial charge < -0.3 is 14.8 Å². The summed E-state index contributed by atoms with van der Waals surface area (Å²) < 4.78 is 4.83. The Labute approximate surface area is 85.7 Å². The van der Waals surface area contributed by atoms with Gasteiger partial charge in [-0.15, -0.1) is 0 Å². The Hall–Kier alpha value is -2.04. The smallest absolute Gasteiger partial charge is 0.354 e. The fraction of sp³-hybridized carbons (Fsp3) is 0.200. The molecule has 2 heterocycles. The van der Waals surface area contributed by atoms with Crippen LogP contribution in [0.1, 0.15) is 17.4 Å². The van der Waals surface area contributed by atoms with Crippen molar-refractivity contribution in [1.29, 1.82) is 0 Å². The maximum absolute atomic E-state index is 11.4. The summed E-state index contributed by atoms with van der Waals surface area (Å²) in [5.41, 5.74) is 0.890. The Bertz CT molecular complexity index is 504. The van der Waals surface area contributed by atoms with Crippen molar-refractivity contribution >= 4 is 17.0 Å². The number of esters is 1. The highest BCUT2D eigenvalue weighted by Gasteiger charge is 2.10. The average molecular weight is 206 g/mol. The molecule has 0 aromatic carbocycles. The number of ether oxygens (including phenoxy) is 1. The number of nitrogens with one attached hydrogen (secondary N) is 1. The van der Waals surface area contributed by atoms with Crippen LogP contribution in [0.2, 0.25) is 0 Å². The molecule has 5 heteroatoms. The molecule has 0 spiro atoms. The van der Waals surface area contributed by atoms with Gasteiger partial charge in [0, 0.05) is 5.39 Å². The number of carbonyl (C=O) groups is 1. The number of carbonyl (C=O) groups excluding carboxylic acids is 1. The van der Waals surface area contributed by atoms with Gasteiger partial charge >= 0.3 is 5.97 Å². The Morgan fingerprint density at radius 2 is 2.40 bits per heavy atom. The minimum absolute atomic E-state index is 0.0666. The van der Waals surface area contributed by atoms with Crippen molar-refractivity contribution in [3.8, 4) is 5.75 Å². The standard InChI is InChI=1S/C10H10N2O3/c1-2-15-10(14)8-4-6-3-7(13)5-11-9(6)12-8/h3-5,13H,2H2,1H3,(H,11,12). The third kappa shape index (κ3) is 1.76. The van der Waals surface area contributed by atoms with E-state index in [1.54, 1.807) is 13.0 Å². The molecule has 0 fully saturated rings. The van der Waals surface area contributed by atoms with Gasteiger partial charge in [-0.3, -0.25) is 0 Å². The Balaban J connectivity index is 2.42. The van der Waals surface area contributed by atoms with E-state index in [2.05, 4.69) is 9.97 Å². The minimum Gasteiger partial charge on any atom is -0.506 e. The fourth-order valence-corrected chi connectivity index (χ4v) is 1.32. The molecule has 5 nitrogen and oxygen atoms in total. The molecule has 15 heavy (non-hydrogen) atoms. The van der Waals surface area contributed by atoms with Gasteiger partial charge in [-0.2, -0.15) is 0 Å². The zero-order chi connectivity index (χ0) is 10.8. The van der Waals surface area contributed by atoms with Gasteiger partial charge in [-0.25, -0.2) is 9.78 Å². The maximum atomic E-state index is 11.4. The number of rotatable bonds is 2. The van der Waals surface area contributed by atoms with Crippen LogP contribution in [0.25, 0.3) is 11.0 Å². The van der Waals surface area contributed by atoms with Gasteiger partial charge in [0.2, 0.25) is 0 Å². The number of pyridine rings is 1. The van der Waals surface area contributed by atoms with Crippen LogP contribution in [0, 0.1) is 0 Å². The lowest BCUT2D eigenvalue weighted by molar-refractivity contribution is 0.0520. The molecule has 2 aromatic rings. The summed E-state index contributed by atoms with van der Waals surface area (Å²) in [6.45, 7) is 2.07. The first kappa shape index (κ1) is 9.51. The highest BCUT2D eigenvalue weighted by atomic mass is 16.5. The predicted octanol–water partition coefficient (Wildman–Crippen LogP) is 1.45. The van der Waals surface area contributed by atoms with Gasteiger partial charge in [-0.05, 0) is 19.1 Å². The Morgan fingerprint density at radius 3 is 3.13 bits per heavy atom. The number of nitrogens with zero attached hydrogens (tertiary/aromatic N) is 1. The first-order valence-electron chi connectivity index (χ1n) is 4.55. The van der Waals surface area contributed by atoms with Gasteiger partial charge in [0.15, 0.2) is 0 Å². The molecule has 0 aliphatic carbocycles. The van der Waals surface area contributed by atoms with Crippen molar-refractivity contribution < 1.29 is 14.6 Å². The number of aromatic nitrogens is 2. The number of hydrogen-bond donors (Lipinski definition) is 2. The summed E-state index contributed by atoms with van der Waals surface area (Å²) in [5, 5.41) is 9.87. The highest BCUT2D eigenvalue weighted by Crippen LogP contribution is 2.18. The molecule has 0 aliphatic rings. The molecule has 0 aliphatic heterocycles. The van der Waals surface area contributed by atoms with Crippen molar-refractivity contribution in [3.63, 3.8) is 0 Å². The van der Waals surface area contributed by atoms with E-state index in [0.717, 1.165) is 0 Å². The van der Waals surface area contributed by atoms with E-state index >= 15 is 0 Å². The molecule has 0 radical (unpaired) electrons. The van der Waals surface area contributed by atoms with Crippen molar-refractivity contribution in [3.05, 3.63) is 24.0 Å². The van der Waals surface area contributed by atoms with Gasteiger partial charge in [0.1, 0.15) is 17.1 Å². The average Bonchev–Trinajstić information content (AvgIpc) is 2.60. The van der Waals surface area contributed by atoms with Crippen LogP contribution in [-0.4, -0.2) is 27.7 Å². The van der Waals surface area contributed by atoms with E-state index in [0.29, 0.717) is 23.3 Å². The van der Waals surface area contributed by atoms with Crippen LogP contribution in [0.15, 0.2) is 18.3 Å². The second-order valence-corrected chi connectivity index (χ2v) is 3.03. The number of fused-ring (bicyclic) bond motifs is 1. The molecular weight excluding hydrogens is 196 g/mol. The second kappa shape index (κ2) is 3.61. The molecule has 0 saturated heterocycles. The summed E-state index contributed by atoms with van der Waals surface area (Å²) in [4.78, 5) is 18.1. The SMILES string of the molecule is CCOC(=O)c1cc2cc(O)cnc2[nH]1. The Kier molecular flexibility index (Phi) is 2.29. The monoisotopic (exact) mass is 206 g/mol. The molecule has 2 N–H and O–H groups in total. The van der Waals surface area contributed by atoms with Gasteiger partial charge in [-0.1, -0.05) is 0 Å². The van der Waals surface area contributed by atoms with Crippen LogP contribution < -0.4 is 0 Å². The van der Waals surface area contributed by atoms with Crippen molar-refractivity contribution in [1.82, 2.24) is 9.97 Å². The third-order valence-corrected chi connectivity index (χ3v) is 1.95.